The molecule has 0 aliphatic carbocycles. The zero-order valence-corrected chi connectivity index (χ0v) is 15.6. The first-order valence-electron chi connectivity index (χ1n) is 8.79. The highest BCUT2D eigenvalue weighted by molar-refractivity contribution is 6.02. The molecule has 30 heavy (non-hydrogen) atoms. The molecule has 0 aliphatic rings. The summed E-state index contributed by atoms with van der Waals surface area (Å²) in [5, 5.41) is 11.2. The molecule has 150 valence electrons. The first-order valence-corrected chi connectivity index (χ1v) is 8.79. The van der Waals surface area contributed by atoms with Crippen molar-refractivity contribution in [2.75, 3.05) is 0 Å². The van der Waals surface area contributed by atoms with Crippen molar-refractivity contribution in [2.24, 2.45) is 5.73 Å². The van der Waals surface area contributed by atoms with Crippen molar-refractivity contribution >= 4 is 23.9 Å². The van der Waals surface area contributed by atoms with Crippen molar-refractivity contribution in [3.8, 4) is 11.1 Å². The molecule has 0 spiro atoms. The van der Waals surface area contributed by atoms with Crippen molar-refractivity contribution in [2.45, 2.75) is 6.61 Å². The Bertz CT molecular complexity index is 1140. The summed E-state index contributed by atoms with van der Waals surface area (Å²) >= 11 is 0. The number of primary amides is 1. The number of non-ortho nitro benzene ring substituents is 1. The molecule has 0 radical (unpaired) electrons. The molecule has 0 heterocycles. The highest BCUT2D eigenvalue weighted by Gasteiger charge is 2.19. The summed E-state index contributed by atoms with van der Waals surface area (Å²) in [4.78, 5) is 46.1. The molecule has 0 aromatic heterocycles. The Labute approximate surface area is 171 Å². The zero-order chi connectivity index (χ0) is 21.7. The van der Waals surface area contributed by atoms with Crippen LogP contribution < -0.4 is 5.73 Å². The van der Waals surface area contributed by atoms with Crippen molar-refractivity contribution in [1.82, 2.24) is 0 Å². The van der Waals surface area contributed by atoms with Gasteiger partial charge in [0, 0.05) is 23.3 Å². The Hall–Kier alpha value is -4.33. The maximum absolute atomic E-state index is 12.8. The van der Waals surface area contributed by atoms with Gasteiger partial charge in [-0.05, 0) is 34.9 Å². The van der Waals surface area contributed by atoms with Crippen molar-refractivity contribution in [3.63, 3.8) is 0 Å². The monoisotopic (exact) mass is 404 g/mol. The van der Waals surface area contributed by atoms with Gasteiger partial charge in [0.15, 0.2) is 0 Å². The molecular weight excluding hydrogens is 388 g/mol. The number of carbonyl (C=O) groups is 3. The Morgan fingerprint density at radius 1 is 1.03 bits per heavy atom. The number of nitrogens with zero attached hydrogens (tertiary/aromatic N) is 1. The Balaban J connectivity index is 2.06. The van der Waals surface area contributed by atoms with Gasteiger partial charge in [-0.25, -0.2) is 4.79 Å². The van der Waals surface area contributed by atoms with Crippen molar-refractivity contribution in [1.29, 1.82) is 0 Å². The summed E-state index contributed by atoms with van der Waals surface area (Å²) in [5.41, 5.74) is 6.45. The number of esters is 1. The van der Waals surface area contributed by atoms with E-state index in [1.807, 2.05) is 6.07 Å². The number of nitro benzene ring substituents is 1. The zero-order valence-electron chi connectivity index (χ0n) is 15.6. The lowest BCUT2D eigenvalue weighted by Crippen LogP contribution is -2.14. The number of rotatable bonds is 7. The second-order valence-electron chi connectivity index (χ2n) is 6.37. The quantitative estimate of drug-likeness (QED) is 0.277. The summed E-state index contributed by atoms with van der Waals surface area (Å²) < 4.78 is 5.35. The maximum Gasteiger partial charge on any atom is 0.339 e. The summed E-state index contributed by atoms with van der Waals surface area (Å²) in [6, 6.07) is 16.9. The molecule has 3 aromatic rings. The summed E-state index contributed by atoms with van der Waals surface area (Å²) in [7, 11) is 0. The molecule has 2 N–H and O–H groups in total. The van der Waals surface area contributed by atoms with Crippen LogP contribution in [0.5, 0.6) is 0 Å². The normalized spacial score (nSPS) is 10.3. The topological polar surface area (TPSA) is 130 Å². The lowest BCUT2D eigenvalue weighted by Gasteiger charge is -2.12. The molecule has 0 atom stereocenters. The molecule has 0 bridgehead atoms. The fourth-order valence-corrected chi connectivity index (χ4v) is 2.88. The van der Waals surface area contributed by atoms with Crippen LogP contribution in [0, 0.1) is 10.1 Å². The third-order valence-electron chi connectivity index (χ3n) is 4.33. The SMILES string of the molecule is NC(=O)c1ccc(-c2cc(C=O)cc([N+](=O)[O-])c2)c(C(=O)OCc2ccccc2)c1. The largest absolute Gasteiger partial charge is 0.457 e. The highest BCUT2D eigenvalue weighted by atomic mass is 16.6. The van der Waals surface area contributed by atoms with E-state index in [9.17, 15) is 24.5 Å². The fourth-order valence-electron chi connectivity index (χ4n) is 2.88. The number of nitrogens with two attached hydrogens (primary N) is 1. The predicted octanol–water partition coefficient (Wildman–Crippen LogP) is 3.53. The molecule has 3 rings (SSSR count). The van der Waals surface area contributed by atoms with Gasteiger partial charge in [0.1, 0.15) is 12.9 Å². The van der Waals surface area contributed by atoms with E-state index in [-0.39, 0.29) is 40.1 Å². The van der Waals surface area contributed by atoms with Gasteiger partial charge in [-0.15, -0.1) is 0 Å². The Kier molecular flexibility index (Phi) is 5.97. The summed E-state index contributed by atoms with van der Waals surface area (Å²) in [6.07, 6.45) is 0.474. The van der Waals surface area contributed by atoms with E-state index in [0.29, 0.717) is 6.29 Å². The van der Waals surface area contributed by atoms with Crippen molar-refractivity contribution in [3.05, 3.63) is 99.1 Å². The number of benzene rings is 3. The van der Waals surface area contributed by atoms with Crippen LogP contribution in [0.15, 0.2) is 66.7 Å². The predicted molar refractivity (Wildman–Crippen MR) is 108 cm³/mol. The number of amides is 1. The van der Waals surface area contributed by atoms with Crippen LogP contribution in [-0.4, -0.2) is 23.1 Å². The second kappa shape index (κ2) is 8.78. The molecule has 0 saturated heterocycles. The molecule has 1 amide bonds. The van der Waals surface area contributed by atoms with E-state index >= 15 is 0 Å². The molecule has 0 unspecified atom stereocenters. The van der Waals surface area contributed by atoms with Crippen LogP contribution in [0.1, 0.15) is 36.6 Å². The van der Waals surface area contributed by atoms with Crippen LogP contribution in [-0.2, 0) is 11.3 Å². The van der Waals surface area contributed by atoms with E-state index in [0.717, 1.165) is 11.6 Å². The van der Waals surface area contributed by atoms with Gasteiger partial charge in [-0.3, -0.25) is 19.7 Å². The van der Waals surface area contributed by atoms with Gasteiger partial charge in [0.05, 0.1) is 10.5 Å². The number of carbonyl (C=O) groups excluding carboxylic acids is 3. The minimum Gasteiger partial charge on any atom is -0.457 e. The number of aldehydes is 1. The Morgan fingerprint density at radius 2 is 1.77 bits per heavy atom. The molecule has 0 saturated carbocycles. The number of hydrogen-bond donors (Lipinski definition) is 1. The summed E-state index contributed by atoms with van der Waals surface area (Å²) in [5.74, 6) is -1.48. The maximum atomic E-state index is 12.8. The van der Waals surface area contributed by atoms with E-state index < -0.39 is 16.8 Å². The molecular formula is C22H16N2O6. The van der Waals surface area contributed by atoms with Crippen LogP contribution in [0.25, 0.3) is 11.1 Å². The molecule has 0 fully saturated rings. The van der Waals surface area contributed by atoms with E-state index in [4.69, 9.17) is 10.5 Å². The van der Waals surface area contributed by atoms with Crippen LogP contribution in [0.2, 0.25) is 0 Å². The van der Waals surface area contributed by atoms with Gasteiger partial charge < -0.3 is 10.5 Å². The van der Waals surface area contributed by atoms with Gasteiger partial charge in [0.25, 0.3) is 5.69 Å². The molecule has 3 aromatic carbocycles. The second-order valence-corrected chi connectivity index (χ2v) is 6.37. The first-order chi connectivity index (χ1) is 14.4. The van der Waals surface area contributed by atoms with E-state index in [1.54, 1.807) is 24.3 Å². The van der Waals surface area contributed by atoms with Gasteiger partial charge in [0.2, 0.25) is 5.91 Å². The lowest BCUT2D eigenvalue weighted by atomic mass is 9.95. The molecule has 8 nitrogen and oxygen atoms in total. The van der Waals surface area contributed by atoms with E-state index in [1.165, 1.54) is 30.3 Å². The van der Waals surface area contributed by atoms with Crippen LogP contribution in [0.4, 0.5) is 5.69 Å². The first kappa shape index (κ1) is 20.4. The third kappa shape index (κ3) is 4.56. The number of hydrogen-bond acceptors (Lipinski definition) is 6. The van der Waals surface area contributed by atoms with Crippen LogP contribution in [0.3, 0.4) is 0 Å². The van der Waals surface area contributed by atoms with Gasteiger partial charge in [-0.2, -0.15) is 0 Å². The average molecular weight is 404 g/mol. The highest BCUT2D eigenvalue weighted by Crippen LogP contribution is 2.30. The van der Waals surface area contributed by atoms with E-state index in [2.05, 4.69) is 0 Å². The van der Waals surface area contributed by atoms with Crippen molar-refractivity contribution < 1.29 is 24.0 Å². The summed E-state index contributed by atoms with van der Waals surface area (Å²) in [6.45, 7) is -0.00552. The minimum atomic E-state index is -0.744. The molecule has 8 heteroatoms. The smallest absolute Gasteiger partial charge is 0.339 e. The number of nitro groups is 1. The fraction of sp³-hybridized carbons (Fsp3) is 0.0455. The Morgan fingerprint density at radius 3 is 2.40 bits per heavy atom. The minimum absolute atomic E-state index is 0.000391. The number of ether oxygens (including phenoxy) is 1. The lowest BCUT2D eigenvalue weighted by molar-refractivity contribution is -0.384. The van der Waals surface area contributed by atoms with Crippen LogP contribution >= 0.6 is 0 Å². The molecule has 0 aliphatic heterocycles. The van der Waals surface area contributed by atoms with Gasteiger partial charge >= 0.3 is 5.97 Å². The average Bonchev–Trinajstić information content (AvgIpc) is 2.77. The standard InChI is InChI=1S/C22H16N2O6/c23-21(26)16-6-7-19(17-8-15(12-25)9-18(10-17)24(28)29)20(11-16)22(27)30-13-14-4-2-1-3-5-14/h1-12H,13H2,(H2,23,26). The van der Waals surface area contributed by atoms with Gasteiger partial charge in [-0.1, -0.05) is 36.4 Å². The third-order valence-corrected chi connectivity index (χ3v) is 4.33.